The standard InChI is InChI=1S/C15H18N2O4/c18-14(19)11(10-5-7-20-8-6-10)9-16-15-17-12-3-1-2-4-13(12)21-15/h1-4,10-11H,5-9H2,(H,16,17)(H,18,19). The maximum Gasteiger partial charge on any atom is 0.308 e. The number of nitrogens with zero attached hydrogens (tertiary/aromatic N) is 1. The Morgan fingerprint density at radius 1 is 1.38 bits per heavy atom. The summed E-state index contributed by atoms with van der Waals surface area (Å²) in [6.45, 7) is 1.58. The molecule has 2 aromatic rings. The summed E-state index contributed by atoms with van der Waals surface area (Å²) in [5.74, 6) is -1.11. The molecule has 1 aromatic heterocycles. The molecule has 21 heavy (non-hydrogen) atoms. The summed E-state index contributed by atoms with van der Waals surface area (Å²) in [6, 6.07) is 7.82. The second kappa shape index (κ2) is 6.13. The number of aliphatic carboxylic acids is 1. The van der Waals surface area contributed by atoms with Gasteiger partial charge in [0.1, 0.15) is 5.52 Å². The van der Waals surface area contributed by atoms with Crippen molar-refractivity contribution in [3.8, 4) is 0 Å². The summed E-state index contributed by atoms with van der Waals surface area (Å²) in [7, 11) is 0. The third-order valence-corrected chi connectivity index (χ3v) is 3.92. The van der Waals surface area contributed by atoms with Crippen molar-refractivity contribution in [2.75, 3.05) is 25.1 Å². The zero-order valence-corrected chi connectivity index (χ0v) is 11.6. The summed E-state index contributed by atoms with van der Waals surface area (Å²) in [6.07, 6.45) is 1.57. The van der Waals surface area contributed by atoms with E-state index < -0.39 is 11.9 Å². The van der Waals surface area contributed by atoms with Crippen molar-refractivity contribution in [2.24, 2.45) is 11.8 Å². The number of carboxylic acids is 1. The molecule has 0 spiro atoms. The highest BCUT2D eigenvalue weighted by atomic mass is 16.5. The molecule has 2 N–H and O–H groups in total. The molecule has 1 aliphatic heterocycles. The largest absolute Gasteiger partial charge is 0.481 e. The number of carboxylic acid groups (broad SMARTS) is 1. The maximum atomic E-state index is 11.5. The van der Waals surface area contributed by atoms with Gasteiger partial charge in [0.2, 0.25) is 0 Å². The number of hydrogen-bond acceptors (Lipinski definition) is 5. The van der Waals surface area contributed by atoms with Gasteiger partial charge in [0.25, 0.3) is 6.01 Å². The molecule has 0 bridgehead atoms. The first kappa shape index (κ1) is 13.9. The van der Waals surface area contributed by atoms with Crippen molar-refractivity contribution in [1.29, 1.82) is 0 Å². The number of nitrogens with one attached hydrogen (secondary N) is 1. The molecule has 112 valence electrons. The zero-order chi connectivity index (χ0) is 14.7. The second-order valence-corrected chi connectivity index (χ2v) is 5.26. The van der Waals surface area contributed by atoms with Crippen LogP contribution >= 0.6 is 0 Å². The molecule has 1 fully saturated rings. The highest BCUT2D eigenvalue weighted by Crippen LogP contribution is 2.25. The molecule has 0 amide bonds. The van der Waals surface area contributed by atoms with E-state index in [0.29, 0.717) is 31.4 Å². The van der Waals surface area contributed by atoms with Gasteiger partial charge >= 0.3 is 5.97 Å². The lowest BCUT2D eigenvalue weighted by atomic mass is 9.86. The Balaban J connectivity index is 1.67. The summed E-state index contributed by atoms with van der Waals surface area (Å²) < 4.78 is 10.8. The third-order valence-electron chi connectivity index (χ3n) is 3.92. The Labute approximate surface area is 122 Å². The molecule has 0 radical (unpaired) electrons. The van der Waals surface area contributed by atoms with Gasteiger partial charge in [-0.25, -0.2) is 0 Å². The summed E-state index contributed by atoms with van der Waals surface area (Å²) in [5.41, 5.74) is 1.45. The van der Waals surface area contributed by atoms with Crippen LogP contribution < -0.4 is 5.32 Å². The van der Waals surface area contributed by atoms with E-state index >= 15 is 0 Å². The SMILES string of the molecule is O=C(O)C(CNc1nc2ccccc2o1)C1CCOCC1. The number of fused-ring (bicyclic) bond motifs is 1. The smallest absolute Gasteiger partial charge is 0.308 e. The fourth-order valence-electron chi connectivity index (χ4n) is 2.72. The Morgan fingerprint density at radius 2 is 2.14 bits per heavy atom. The Morgan fingerprint density at radius 3 is 2.86 bits per heavy atom. The average molecular weight is 290 g/mol. The predicted octanol–water partition coefficient (Wildman–Crippen LogP) is 2.37. The minimum absolute atomic E-state index is 0.133. The summed E-state index contributed by atoms with van der Waals surface area (Å²) in [5, 5.41) is 12.4. The lowest BCUT2D eigenvalue weighted by Gasteiger charge is -2.27. The van der Waals surface area contributed by atoms with Gasteiger partial charge in [0.05, 0.1) is 5.92 Å². The molecule has 6 nitrogen and oxygen atoms in total. The molecule has 1 saturated heterocycles. The van der Waals surface area contributed by atoms with E-state index in [9.17, 15) is 9.90 Å². The Kier molecular flexibility index (Phi) is 4.06. The molecule has 1 atom stereocenters. The summed E-state index contributed by atoms with van der Waals surface area (Å²) >= 11 is 0. The molecule has 0 saturated carbocycles. The van der Waals surface area contributed by atoms with Crippen LogP contribution in [0.1, 0.15) is 12.8 Å². The zero-order valence-electron chi connectivity index (χ0n) is 11.6. The minimum Gasteiger partial charge on any atom is -0.481 e. The van der Waals surface area contributed by atoms with E-state index in [2.05, 4.69) is 10.3 Å². The number of para-hydroxylation sites is 2. The van der Waals surface area contributed by atoms with Crippen LogP contribution in [-0.4, -0.2) is 35.8 Å². The van der Waals surface area contributed by atoms with Crippen LogP contribution in [0.25, 0.3) is 11.1 Å². The van der Waals surface area contributed by atoms with E-state index in [1.165, 1.54) is 0 Å². The molecular formula is C15H18N2O4. The van der Waals surface area contributed by atoms with Gasteiger partial charge in [-0.15, -0.1) is 0 Å². The quantitative estimate of drug-likeness (QED) is 0.879. The molecular weight excluding hydrogens is 272 g/mol. The van der Waals surface area contributed by atoms with Crippen molar-refractivity contribution in [3.05, 3.63) is 24.3 Å². The first-order valence-electron chi connectivity index (χ1n) is 7.14. The number of benzene rings is 1. The van der Waals surface area contributed by atoms with Gasteiger partial charge in [0, 0.05) is 19.8 Å². The van der Waals surface area contributed by atoms with E-state index in [1.807, 2.05) is 24.3 Å². The van der Waals surface area contributed by atoms with Crippen LogP contribution in [0.4, 0.5) is 6.01 Å². The summed E-state index contributed by atoms with van der Waals surface area (Å²) in [4.78, 5) is 15.8. The van der Waals surface area contributed by atoms with E-state index in [-0.39, 0.29) is 5.92 Å². The first-order chi connectivity index (χ1) is 10.2. The highest BCUT2D eigenvalue weighted by molar-refractivity contribution is 5.74. The molecule has 3 rings (SSSR count). The number of rotatable bonds is 5. The van der Waals surface area contributed by atoms with Crippen molar-refractivity contribution in [2.45, 2.75) is 12.8 Å². The molecule has 6 heteroatoms. The van der Waals surface area contributed by atoms with E-state index in [1.54, 1.807) is 0 Å². The van der Waals surface area contributed by atoms with Gasteiger partial charge < -0.3 is 19.6 Å². The van der Waals surface area contributed by atoms with Crippen LogP contribution in [0, 0.1) is 11.8 Å². The first-order valence-corrected chi connectivity index (χ1v) is 7.14. The van der Waals surface area contributed by atoms with Gasteiger partial charge in [-0.1, -0.05) is 12.1 Å². The monoisotopic (exact) mass is 290 g/mol. The molecule has 1 unspecified atom stereocenters. The minimum atomic E-state index is -0.787. The molecule has 1 aliphatic rings. The van der Waals surface area contributed by atoms with Crippen LogP contribution in [-0.2, 0) is 9.53 Å². The number of anilines is 1. The van der Waals surface area contributed by atoms with Gasteiger partial charge in [0.15, 0.2) is 5.58 Å². The van der Waals surface area contributed by atoms with Crippen LogP contribution in [0.3, 0.4) is 0 Å². The normalized spacial score (nSPS) is 17.7. The van der Waals surface area contributed by atoms with Crippen molar-refractivity contribution in [3.63, 3.8) is 0 Å². The molecule has 0 aliphatic carbocycles. The fourth-order valence-corrected chi connectivity index (χ4v) is 2.72. The highest BCUT2D eigenvalue weighted by Gasteiger charge is 2.29. The lowest BCUT2D eigenvalue weighted by molar-refractivity contribution is -0.144. The lowest BCUT2D eigenvalue weighted by Crippen LogP contribution is -2.34. The number of carbonyl (C=O) groups is 1. The van der Waals surface area contributed by atoms with Crippen molar-refractivity contribution in [1.82, 2.24) is 4.98 Å². The van der Waals surface area contributed by atoms with Gasteiger partial charge in [-0.05, 0) is 30.9 Å². The maximum absolute atomic E-state index is 11.5. The van der Waals surface area contributed by atoms with E-state index in [0.717, 1.165) is 18.4 Å². The van der Waals surface area contributed by atoms with Crippen molar-refractivity contribution >= 4 is 23.1 Å². The van der Waals surface area contributed by atoms with Gasteiger partial charge in [-0.2, -0.15) is 4.98 Å². The number of aromatic nitrogens is 1. The topological polar surface area (TPSA) is 84.6 Å². The number of hydrogen-bond donors (Lipinski definition) is 2. The molecule has 2 heterocycles. The average Bonchev–Trinajstić information content (AvgIpc) is 2.91. The Bertz CT molecular complexity index is 586. The van der Waals surface area contributed by atoms with Crippen LogP contribution in [0.2, 0.25) is 0 Å². The van der Waals surface area contributed by atoms with Gasteiger partial charge in [-0.3, -0.25) is 4.79 Å². The Hall–Kier alpha value is -2.08. The second-order valence-electron chi connectivity index (χ2n) is 5.26. The fraction of sp³-hybridized carbons (Fsp3) is 0.467. The molecule has 1 aromatic carbocycles. The van der Waals surface area contributed by atoms with Crippen LogP contribution in [0.5, 0.6) is 0 Å². The number of ether oxygens (including phenoxy) is 1. The van der Waals surface area contributed by atoms with Crippen molar-refractivity contribution < 1.29 is 19.1 Å². The van der Waals surface area contributed by atoms with E-state index in [4.69, 9.17) is 9.15 Å². The number of oxazole rings is 1. The predicted molar refractivity (Wildman–Crippen MR) is 77.2 cm³/mol. The van der Waals surface area contributed by atoms with Crippen LogP contribution in [0.15, 0.2) is 28.7 Å². The third kappa shape index (κ3) is 3.16.